The number of ether oxygens (including phenoxy) is 1. The van der Waals surface area contributed by atoms with Crippen LogP contribution in [0, 0.1) is 0 Å². The van der Waals surface area contributed by atoms with E-state index in [1.54, 1.807) is 13.2 Å². The van der Waals surface area contributed by atoms with E-state index < -0.39 is 0 Å². The first-order valence-corrected chi connectivity index (χ1v) is 9.91. The van der Waals surface area contributed by atoms with Gasteiger partial charge in [-0.25, -0.2) is 0 Å². The Morgan fingerprint density at radius 2 is 1.96 bits per heavy atom. The second-order valence-electron chi connectivity index (χ2n) is 6.56. The van der Waals surface area contributed by atoms with Gasteiger partial charge in [0.05, 0.1) is 17.6 Å². The van der Waals surface area contributed by atoms with Gasteiger partial charge < -0.3 is 15.5 Å². The smallest absolute Gasteiger partial charge is 0.266 e. The molecule has 1 unspecified atom stereocenters. The summed E-state index contributed by atoms with van der Waals surface area (Å²) < 4.78 is 6.33. The number of methoxy groups -OCH3 is 1. The standard InChI is InChI=1S/C21H19ClN2O2S.ClH/c1-11(10-23)12-3-5-13(6-4-12)17-16(26-2)9-15(22)19-18(17)14-7-8-27-20(14)21(25)24-19;/h3-9,11H,10,23H2,1-2H3,(H,24,25);1H. The van der Waals surface area contributed by atoms with Crippen LogP contribution in [0.15, 0.2) is 46.6 Å². The molecule has 0 aliphatic rings. The number of rotatable bonds is 4. The molecule has 4 nitrogen and oxygen atoms in total. The van der Waals surface area contributed by atoms with Gasteiger partial charge in [0.15, 0.2) is 0 Å². The van der Waals surface area contributed by atoms with Crippen LogP contribution in [-0.4, -0.2) is 18.6 Å². The maximum absolute atomic E-state index is 12.4. The molecule has 3 N–H and O–H groups in total. The van der Waals surface area contributed by atoms with Crippen molar-refractivity contribution in [1.82, 2.24) is 4.98 Å². The predicted molar refractivity (Wildman–Crippen MR) is 122 cm³/mol. The number of aromatic nitrogens is 1. The SMILES string of the molecule is COc1cc(Cl)c2[nH]c(=O)c3sccc3c2c1-c1ccc(C(C)CN)cc1.Cl. The molecule has 0 saturated carbocycles. The second-order valence-corrected chi connectivity index (χ2v) is 7.89. The molecule has 0 spiro atoms. The number of pyridine rings is 1. The van der Waals surface area contributed by atoms with E-state index in [1.165, 1.54) is 16.9 Å². The number of hydrogen-bond acceptors (Lipinski definition) is 4. The van der Waals surface area contributed by atoms with Crippen LogP contribution in [0.1, 0.15) is 18.4 Å². The number of fused-ring (bicyclic) bond motifs is 3. The molecule has 0 aliphatic heterocycles. The van der Waals surface area contributed by atoms with Gasteiger partial charge in [-0.05, 0) is 35.0 Å². The fourth-order valence-electron chi connectivity index (χ4n) is 3.43. The van der Waals surface area contributed by atoms with Crippen LogP contribution in [-0.2, 0) is 0 Å². The average molecular weight is 435 g/mol. The number of thiophene rings is 1. The molecule has 1 atom stereocenters. The maximum atomic E-state index is 12.4. The number of hydrogen-bond donors (Lipinski definition) is 2. The summed E-state index contributed by atoms with van der Waals surface area (Å²) in [7, 11) is 1.63. The fourth-order valence-corrected chi connectivity index (χ4v) is 4.47. The van der Waals surface area contributed by atoms with Crippen molar-refractivity contribution < 1.29 is 4.74 Å². The Bertz CT molecular complexity index is 1200. The van der Waals surface area contributed by atoms with Crippen LogP contribution in [0.5, 0.6) is 5.75 Å². The zero-order valence-corrected chi connectivity index (χ0v) is 17.8. The van der Waals surface area contributed by atoms with Gasteiger partial charge in [-0.2, -0.15) is 0 Å². The molecule has 2 aromatic heterocycles. The lowest BCUT2D eigenvalue weighted by Gasteiger charge is -2.16. The molecule has 0 bridgehead atoms. The third-order valence-corrected chi connectivity index (χ3v) is 6.18. The lowest BCUT2D eigenvalue weighted by Crippen LogP contribution is -2.08. The van der Waals surface area contributed by atoms with E-state index in [-0.39, 0.29) is 18.0 Å². The zero-order valence-electron chi connectivity index (χ0n) is 15.4. The Morgan fingerprint density at radius 3 is 2.61 bits per heavy atom. The van der Waals surface area contributed by atoms with Gasteiger partial charge in [0.2, 0.25) is 0 Å². The van der Waals surface area contributed by atoms with Crippen LogP contribution in [0.4, 0.5) is 0 Å². The minimum Gasteiger partial charge on any atom is -0.496 e. The maximum Gasteiger partial charge on any atom is 0.266 e. The third-order valence-electron chi connectivity index (χ3n) is 4.96. The molecule has 2 aromatic carbocycles. The molecule has 7 heteroatoms. The highest BCUT2D eigenvalue weighted by Crippen LogP contribution is 2.43. The van der Waals surface area contributed by atoms with E-state index in [2.05, 4.69) is 36.2 Å². The van der Waals surface area contributed by atoms with E-state index >= 15 is 0 Å². The zero-order chi connectivity index (χ0) is 19.1. The number of aromatic amines is 1. The summed E-state index contributed by atoms with van der Waals surface area (Å²) in [5.74, 6) is 0.967. The first-order valence-electron chi connectivity index (χ1n) is 8.65. The van der Waals surface area contributed by atoms with Crippen molar-refractivity contribution in [1.29, 1.82) is 0 Å². The molecule has 28 heavy (non-hydrogen) atoms. The molecule has 0 amide bonds. The van der Waals surface area contributed by atoms with Gasteiger partial charge in [0.25, 0.3) is 5.56 Å². The first kappa shape index (κ1) is 20.7. The Balaban J connectivity index is 0.00000225. The van der Waals surface area contributed by atoms with E-state index in [1.807, 2.05) is 11.4 Å². The molecule has 2 heterocycles. The van der Waals surface area contributed by atoms with Crippen molar-refractivity contribution in [3.63, 3.8) is 0 Å². The van der Waals surface area contributed by atoms with Crippen LogP contribution in [0.3, 0.4) is 0 Å². The van der Waals surface area contributed by atoms with E-state index in [0.29, 0.717) is 33.5 Å². The van der Waals surface area contributed by atoms with Gasteiger partial charge in [-0.1, -0.05) is 42.8 Å². The molecule has 0 aliphatic carbocycles. The minimum atomic E-state index is -0.127. The summed E-state index contributed by atoms with van der Waals surface area (Å²) >= 11 is 7.88. The van der Waals surface area contributed by atoms with Gasteiger partial charge in [0.1, 0.15) is 10.4 Å². The summed E-state index contributed by atoms with van der Waals surface area (Å²) in [4.78, 5) is 15.4. The number of benzene rings is 2. The average Bonchev–Trinajstić information content (AvgIpc) is 3.18. The predicted octanol–water partition coefficient (Wildman–Crippen LogP) is 5.56. The van der Waals surface area contributed by atoms with Crippen molar-refractivity contribution >= 4 is 56.3 Å². The lowest BCUT2D eigenvalue weighted by molar-refractivity contribution is 0.417. The van der Waals surface area contributed by atoms with Crippen LogP contribution in [0.25, 0.3) is 32.1 Å². The lowest BCUT2D eigenvalue weighted by atomic mass is 9.94. The number of nitrogens with one attached hydrogen (secondary N) is 1. The van der Waals surface area contributed by atoms with Crippen LogP contribution in [0.2, 0.25) is 5.02 Å². The van der Waals surface area contributed by atoms with Gasteiger partial charge in [-0.3, -0.25) is 4.79 Å². The van der Waals surface area contributed by atoms with E-state index in [0.717, 1.165) is 21.9 Å². The fraction of sp³-hybridized carbons (Fsp3) is 0.190. The monoisotopic (exact) mass is 434 g/mol. The molecule has 0 fully saturated rings. The largest absolute Gasteiger partial charge is 0.496 e. The summed E-state index contributed by atoms with van der Waals surface area (Å²) in [6.07, 6.45) is 0. The molecular weight excluding hydrogens is 415 g/mol. The first-order chi connectivity index (χ1) is 13.0. The summed E-state index contributed by atoms with van der Waals surface area (Å²) in [5.41, 5.74) is 9.40. The van der Waals surface area contributed by atoms with Gasteiger partial charge in [0, 0.05) is 22.4 Å². The van der Waals surface area contributed by atoms with Crippen molar-refractivity contribution in [2.24, 2.45) is 5.73 Å². The summed E-state index contributed by atoms with van der Waals surface area (Å²) in [6, 6.07) is 12.0. The molecule has 146 valence electrons. The number of nitrogens with two attached hydrogens (primary N) is 1. The number of H-pyrrole nitrogens is 1. The van der Waals surface area contributed by atoms with Crippen LogP contribution < -0.4 is 16.0 Å². The van der Waals surface area contributed by atoms with Gasteiger partial charge in [-0.15, -0.1) is 23.7 Å². The molecule has 0 saturated heterocycles. The molecule has 4 aromatic rings. The molecular formula is C21H20Cl2N2O2S. The van der Waals surface area contributed by atoms with E-state index in [9.17, 15) is 4.79 Å². The number of halogens is 2. The highest BCUT2D eigenvalue weighted by molar-refractivity contribution is 7.17. The highest BCUT2D eigenvalue weighted by Gasteiger charge is 2.19. The Kier molecular flexibility index (Phi) is 6.01. The van der Waals surface area contributed by atoms with Crippen molar-refractivity contribution in [3.8, 4) is 16.9 Å². The third kappa shape index (κ3) is 3.29. The van der Waals surface area contributed by atoms with Crippen molar-refractivity contribution in [2.75, 3.05) is 13.7 Å². The normalized spacial score (nSPS) is 12.1. The van der Waals surface area contributed by atoms with Crippen LogP contribution >= 0.6 is 35.3 Å². The molecule has 0 radical (unpaired) electrons. The molecule has 4 rings (SSSR count). The Labute approximate surface area is 177 Å². The summed E-state index contributed by atoms with van der Waals surface area (Å²) in [5, 5.41) is 4.16. The van der Waals surface area contributed by atoms with E-state index in [4.69, 9.17) is 22.1 Å². The quantitative estimate of drug-likeness (QED) is 0.441. The highest BCUT2D eigenvalue weighted by atomic mass is 35.5. The van der Waals surface area contributed by atoms with Gasteiger partial charge >= 0.3 is 0 Å². The summed E-state index contributed by atoms with van der Waals surface area (Å²) in [6.45, 7) is 2.70. The topological polar surface area (TPSA) is 68.1 Å². The minimum absolute atomic E-state index is 0. The Hall–Kier alpha value is -2.05. The Morgan fingerprint density at radius 1 is 1.25 bits per heavy atom. The van der Waals surface area contributed by atoms with Crippen molar-refractivity contribution in [2.45, 2.75) is 12.8 Å². The van der Waals surface area contributed by atoms with Crippen molar-refractivity contribution in [3.05, 3.63) is 62.7 Å². The second kappa shape index (κ2) is 8.13.